The minimum Gasteiger partial charge on any atom is -0.412 e. The van der Waals surface area contributed by atoms with E-state index in [2.05, 4.69) is 20.6 Å². The summed E-state index contributed by atoms with van der Waals surface area (Å²) in [6.07, 6.45) is 0.944. The molecule has 2 aromatic heterocycles. The van der Waals surface area contributed by atoms with Gasteiger partial charge in [-0.2, -0.15) is 0 Å². The Morgan fingerprint density at radius 2 is 1.44 bits per heavy atom. The molecule has 36 heavy (non-hydrogen) atoms. The van der Waals surface area contributed by atoms with Crippen LogP contribution in [-0.4, -0.2) is 52.4 Å². The number of fused-ring (bicyclic) bond motifs is 2. The summed E-state index contributed by atoms with van der Waals surface area (Å²) in [5.74, 6) is -0.700. The van der Waals surface area contributed by atoms with E-state index in [-0.39, 0.29) is 41.1 Å². The van der Waals surface area contributed by atoms with Crippen molar-refractivity contribution in [2.24, 2.45) is 5.73 Å². The molecule has 2 heterocycles. The molecule has 0 bridgehead atoms. The summed E-state index contributed by atoms with van der Waals surface area (Å²) in [5, 5.41) is 8.42. The van der Waals surface area contributed by atoms with Crippen LogP contribution in [0.3, 0.4) is 0 Å². The van der Waals surface area contributed by atoms with Crippen molar-refractivity contribution in [3.63, 3.8) is 0 Å². The molecule has 0 aliphatic rings. The summed E-state index contributed by atoms with van der Waals surface area (Å²) in [7, 11) is 0. The minimum absolute atomic E-state index is 0. The number of H-pyrrole nitrogens is 2. The predicted molar refractivity (Wildman–Crippen MR) is 147 cm³/mol. The van der Waals surface area contributed by atoms with Crippen molar-refractivity contribution in [3.8, 4) is 0 Å². The van der Waals surface area contributed by atoms with Gasteiger partial charge in [-0.05, 0) is 50.1 Å². The van der Waals surface area contributed by atoms with E-state index >= 15 is 0 Å². The van der Waals surface area contributed by atoms with Crippen molar-refractivity contribution in [1.82, 2.24) is 20.6 Å². The van der Waals surface area contributed by atoms with E-state index in [9.17, 15) is 9.59 Å². The lowest BCUT2D eigenvalue weighted by molar-refractivity contribution is -0.120. The number of carbonyl (C=O) groups is 2. The van der Waals surface area contributed by atoms with Gasteiger partial charge in [0.25, 0.3) is 0 Å². The molecule has 196 valence electrons. The van der Waals surface area contributed by atoms with E-state index in [1.54, 1.807) is 0 Å². The Balaban J connectivity index is 0.00000216. The summed E-state index contributed by atoms with van der Waals surface area (Å²) in [6.45, 7) is 5.74. The van der Waals surface area contributed by atoms with Crippen molar-refractivity contribution < 1.29 is 20.5 Å². The van der Waals surface area contributed by atoms with Crippen LogP contribution in [0.25, 0.3) is 21.8 Å². The first kappa shape index (κ1) is 30.7. The lowest BCUT2D eigenvalue weighted by atomic mass is 9.92. The normalized spacial score (nSPS) is 11.3. The van der Waals surface area contributed by atoms with E-state index in [1.807, 2.05) is 62.4 Å². The van der Waals surface area contributed by atoms with Gasteiger partial charge in [-0.3, -0.25) is 9.59 Å². The molecule has 4 aromatic rings. The maximum Gasteiger partial charge on any atom is 0.225 e. The number of amides is 2. The second-order valence-electron chi connectivity index (χ2n) is 8.50. The van der Waals surface area contributed by atoms with Crippen LogP contribution in [0.2, 0.25) is 0 Å². The van der Waals surface area contributed by atoms with Gasteiger partial charge in [0.15, 0.2) is 0 Å². The molecular weight excluding hydrogens is 482 g/mol. The fourth-order valence-corrected chi connectivity index (χ4v) is 4.62. The zero-order chi connectivity index (χ0) is 23.4. The Labute approximate surface area is 216 Å². The molecule has 0 fully saturated rings. The SMILES string of the molecule is Cc1[nH]c2ccccc2c1CC(=O)NCCNCCC(C(N)=O)c1c(C)[nH]c2ccccc12.Cl.O.O. The van der Waals surface area contributed by atoms with Crippen LogP contribution in [0.15, 0.2) is 48.5 Å². The van der Waals surface area contributed by atoms with Crippen molar-refractivity contribution in [2.45, 2.75) is 32.6 Å². The summed E-state index contributed by atoms with van der Waals surface area (Å²) in [5.41, 5.74) is 11.8. The first-order valence-electron chi connectivity index (χ1n) is 11.4. The van der Waals surface area contributed by atoms with Crippen molar-refractivity contribution in [1.29, 1.82) is 0 Å². The number of nitrogens with two attached hydrogens (primary N) is 1. The molecule has 2 amide bonds. The summed E-state index contributed by atoms with van der Waals surface area (Å²) >= 11 is 0. The zero-order valence-corrected chi connectivity index (χ0v) is 21.4. The molecule has 4 rings (SSSR count). The predicted octanol–water partition coefficient (Wildman–Crippen LogP) is 1.95. The number of aryl methyl sites for hydroxylation is 2. The number of nitrogens with one attached hydrogen (secondary N) is 4. The Bertz CT molecular complexity index is 1300. The van der Waals surface area contributed by atoms with Crippen LogP contribution in [0.1, 0.15) is 34.9 Å². The molecule has 1 atom stereocenters. The number of aromatic nitrogens is 2. The highest BCUT2D eigenvalue weighted by Gasteiger charge is 2.23. The molecule has 0 radical (unpaired) electrons. The highest BCUT2D eigenvalue weighted by molar-refractivity contribution is 5.92. The lowest BCUT2D eigenvalue weighted by Gasteiger charge is -2.15. The highest BCUT2D eigenvalue weighted by Crippen LogP contribution is 2.30. The molecule has 2 aromatic carbocycles. The van der Waals surface area contributed by atoms with E-state index in [1.165, 1.54) is 0 Å². The van der Waals surface area contributed by atoms with Gasteiger partial charge in [-0.1, -0.05) is 36.4 Å². The van der Waals surface area contributed by atoms with Crippen molar-refractivity contribution in [3.05, 3.63) is 71.0 Å². The van der Waals surface area contributed by atoms with Gasteiger partial charge in [-0.25, -0.2) is 0 Å². The highest BCUT2D eigenvalue weighted by atomic mass is 35.5. The van der Waals surface area contributed by atoms with E-state index < -0.39 is 0 Å². The average molecular weight is 518 g/mol. The number of carbonyl (C=O) groups excluding carboxylic acids is 2. The molecule has 10 N–H and O–H groups in total. The molecule has 0 aliphatic carbocycles. The topological polar surface area (TPSA) is 179 Å². The fraction of sp³-hybridized carbons (Fsp3) is 0.308. The number of hydrogen-bond acceptors (Lipinski definition) is 3. The largest absolute Gasteiger partial charge is 0.412 e. The monoisotopic (exact) mass is 517 g/mol. The average Bonchev–Trinajstić information content (AvgIpc) is 3.29. The standard InChI is InChI=1S/C26H31N5O2.ClH.2H2O/c1-16-21(18-7-3-5-9-22(18)30-16)15-24(32)29-14-13-28-12-11-20(26(27)33)25-17(2)31-23-10-6-4-8-19(23)25;;;/h3-10,20,28,30-31H,11-15H2,1-2H3,(H2,27,33)(H,29,32);1H;2*1H2. The third kappa shape index (κ3) is 6.64. The summed E-state index contributed by atoms with van der Waals surface area (Å²) in [6, 6.07) is 16.0. The molecule has 9 nitrogen and oxygen atoms in total. The van der Waals surface area contributed by atoms with Crippen LogP contribution in [0.4, 0.5) is 0 Å². The van der Waals surface area contributed by atoms with Gasteiger partial charge >= 0.3 is 0 Å². The van der Waals surface area contributed by atoms with Gasteiger partial charge in [0, 0.05) is 46.3 Å². The Hall–Kier alpha value is -3.37. The number of hydrogen-bond donors (Lipinski definition) is 5. The van der Waals surface area contributed by atoms with Crippen LogP contribution >= 0.6 is 12.4 Å². The number of aromatic amines is 2. The van der Waals surface area contributed by atoms with Crippen molar-refractivity contribution in [2.75, 3.05) is 19.6 Å². The number of primary amides is 1. The molecule has 0 saturated carbocycles. The zero-order valence-electron chi connectivity index (χ0n) is 20.5. The third-order valence-corrected chi connectivity index (χ3v) is 6.23. The smallest absolute Gasteiger partial charge is 0.225 e. The molecule has 0 saturated heterocycles. The van der Waals surface area contributed by atoms with Gasteiger partial charge < -0.3 is 37.3 Å². The van der Waals surface area contributed by atoms with Gasteiger partial charge in [-0.15, -0.1) is 12.4 Å². The summed E-state index contributed by atoms with van der Waals surface area (Å²) in [4.78, 5) is 31.3. The number of para-hydroxylation sites is 2. The summed E-state index contributed by atoms with van der Waals surface area (Å²) < 4.78 is 0. The second kappa shape index (κ2) is 13.6. The maximum absolute atomic E-state index is 12.4. The Morgan fingerprint density at radius 1 is 0.861 bits per heavy atom. The molecular formula is C26H36ClN5O4. The fourth-order valence-electron chi connectivity index (χ4n) is 4.62. The quantitative estimate of drug-likeness (QED) is 0.202. The van der Waals surface area contributed by atoms with Gasteiger partial charge in [0.2, 0.25) is 11.8 Å². The van der Waals surface area contributed by atoms with Crippen molar-refractivity contribution >= 4 is 46.0 Å². The second-order valence-corrected chi connectivity index (χ2v) is 8.50. The van der Waals surface area contributed by atoms with Crippen LogP contribution < -0.4 is 16.4 Å². The molecule has 0 spiro atoms. The molecule has 10 heteroatoms. The lowest BCUT2D eigenvalue weighted by Crippen LogP contribution is -2.34. The minimum atomic E-state index is -0.368. The van der Waals surface area contributed by atoms with Gasteiger partial charge in [0.1, 0.15) is 0 Å². The Morgan fingerprint density at radius 3 is 2.11 bits per heavy atom. The first-order chi connectivity index (χ1) is 16.0. The number of halogens is 1. The van der Waals surface area contributed by atoms with E-state index in [0.29, 0.717) is 32.5 Å². The van der Waals surface area contributed by atoms with Crippen LogP contribution in [0.5, 0.6) is 0 Å². The third-order valence-electron chi connectivity index (χ3n) is 6.23. The Kier molecular flexibility index (Phi) is 11.6. The first-order valence-corrected chi connectivity index (χ1v) is 11.4. The van der Waals surface area contributed by atoms with E-state index in [0.717, 1.165) is 44.3 Å². The molecule has 0 aliphatic heterocycles. The van der Waals surface area contributed by atoms with E-state index in [4.69, 9.17) is 5.73 Å². The van der Waals surface area contributed by atoms with Crippen LogP contribution in [0, 0.1) is 13.8 Å². The maximum atomic E-state index is 12.4. The number of rotatable bonds is 10. The van der Waals surface area contributed by atoms with Crippen LogP contribution in [-0.2, 0) is 16.0 Å². The van der Waals surface area contributed by atoms with Gasteiger partial charge in [0.05, 0.1) is 12.3 Å². The number of benzene rings is 2. The molecule has 1 unspecified atom stereocenters.